The molecule has 186 valence electrons. The number of epoxide rings is 2. The van der Waals surface area contributed by atoms with Crippen molar-refractivity contribution in [3.63, 3.8) is 0 Å². The van der Waals surface area contributed by atoms with E-state index in [-0.39, 0.29) is 47.5 Å². The predicted octanol–water partition coefficient (Wildman–Crippen LogP) is 5.11. The molecule has 6 heteroatoms. The maximum absolute atomic E-state index is 12.7. The molecule has 4 rings (SSSR count). The largest absolute Gasteiger partial charge is 0.491 e. The zero-order valence-electron chi connectivity index (χ0n) is 21.2. The third-order valence-corrected chi connectivity index (χ3v) is 7.17. The maximum atomic E-state index is 12.7. The quantitative estimate of drug-likeness (QED) is 0.216. The zero-order chi connectivity index (χ0) is 24.5. The third-order valence-electron chi connectivity index (χ3n) is 7.17. The minimum absolute atomic E-state index is 0.0181. The molecule has 0 N–H and O–H groups in total. The van der Waals surface area contributed by atoms with Gasteiger partial charge in [0.2, 0.25) is 0 Å². The van der Waals surface area contributed by atoms with Crippen LogP contribution in [0.1, 0.15) is 59.4 Å². The molecule has 1 aromatic carbocycles. The summed E-state index contributed by atoms with van der Waals surface area (Å²) in [7, 11) is 1.69. The van der Waals surface area contributed by atoms with Crippen molar-refractivity contribution in [3.8, 4) is 5.75 Å². The molecule has 0 radical (unpaired) electrons. The van der Waals surface area contributed by atoms with Gasteiger partial charge in [-0.05, 0) is 77.7 Å². The minimum atomic E-state index is -0.371. The first-order chi connectivity index (χ1) is 16.2. The van der Waals surface area contributed by atoms with Crippen molar-refractivity contribution in [1.82, 2.24) is 0 Å². The summed E-state index contributed by atoms with van der Waals surface area (Å²) in [6.45, 7) is 11.0. The molecule has 0 amide bonds. The van der Waals surface area contributed by atoms with E-state index in [4.69, 9.17) is 23.7 Å². The first kappa shape index (κ1) is 25.0. The fraction of sp³-hybridized carbons (Fsp3) is 0.607. The van der Waals surface area contributed by atoms with Crippen LogP contribution >= 0.6 is 0 Å². The first-order valence-electron chi connectivity index (χ1n) is 12.3. The summed E-state index contributed by atoms with van der Waals surface area (Å²) in [6.07, 6.45) is 7.51. The summed E-state index contributed by atoms with van der Waals surface area (Å²) in [5.41, 5.74) is 1.62. The molecule has 2 unspecified atom stereocenters. The van der Waals surface area contributed by atoms with E-state index in [1.54, 1.807) is 13.2 Å². The van der Waals surface area contributed by atoms with Crippen molar-refractivity contribution in [2.24, 2.45) is 5.92 Å². The number of carbonyl (C=O) groups excluding carboxylic acids is 1. The Kier molecular flexibility index (Phi) is 7.22. The van der Waals surface area contributed by atoms with E-state index < -0.39 is 0 Å². The molecule has 3 aliphatic rings. The first-order valence-corrected chi connectivity index (χ1v) is 12.3. The Labute approximate surface area is 203 Å². The van der Waals surface area contributed by atoms with E-state index in [1.165, 1.54) is 11.6 Å². The second-order valence-electron chi connectivity index (χ2n) is 10.4. The Morgan fingerprint density at radius 1 is 1.24 bits per heavy atom. The Hall–Kier alpha value is -2.15. The highest BCUT2D eigenvalue weighted by Crippen LogP contribution is 2.59. The fourth-order valence-electron chi connectivity index (χ4n) is 5.35. The van der Waals surface area contributed by atoms with E-state index in [0.717, 1.165) is 24.2 Å². The van der Waals surface area contributed by atoms with Crippen LogP contribution in [0, 0.1) is 5.92 Å². The van der Waals surface area contributed by atoms with E-state index in [9.17, 15) is 4.79 Å². The second-order valence-corrected chi connectivity index (χ2v) is 10.4. The molecule has 1 saturated carbocycles. The van der Waals surface area contributed by atoms with Crippen LogP contribution in [0.5, 0.6) is 5.75 Å². The van der Waals surface area contributed by atoms with Crippen molar-refractivity contribution < 1.29 is 28.5 Å². The van der Waals surface area contributed by atoms with Gasteiger partial charge in [-0.2, -0.15) is 0 Å². The molecule has 6 atom stereocenters. The van der Waals surface area contributed by atoms with Crippen LogP contribution in [-0.2, 0) is 23.7 Å². The predicted molar refractivity (Wildman–Crippen MR) is 131 cm³/mol. The van der Waals surface area contributed by atoms with Gasteiger partial charge in [-0.1, -0.05) is 23.8 Å². The number of hydrogen-bond acceptors (Lipinski definition) is 6. The topological polar surface area (TPSA) is 69.8 Å². The lowest BCUT2D eigenvalue weighted by Gasteiger charge is -2.42. The molecule has 1 aliphatic carbocycles. The number of methoxy groups -OCH3 is 1. The second kappa shape index (κ2) is 9.84. The molecule has 0 bridgehead atoms. The summed E-state index contributed by atoms with van der Waals surface area (Å²) in [5.74, 6) is 0.453. The summed E-state index contributed by atoms with van der Waals surface area (Å²) < 4.78 is 29.7. The average Bonchev–Trinajstić information content (AvgIpc) is 3.70. The molecule has 1 spiro atoms. The van der Waals surface area contributed by atoms with Gasteiger partial charge in [-0.3, -0.25) is 0 Å². The fourth-order valence-corrected chi connectivity index (χ4v) is 5.35. The van der Waals surface area contributed by atoms with Gasteiger partial charge in [0.15, 0.2) is 0 Å². The third kappa shape index (κ3) is 5.40. The SMILES string of the molecule is CO[C@@H]1C(OC(=O)/C=C/c2ccc(OC(C)C)cc2)CC[C@]2(CO2)[C@H]1C1(C)O[C@H]1CC=C(C)C. The number of rotatable bonds is 9. The molecule has 1 aromatic rings. The Morgan fingerprint density at radius 2 is 1.94 bits per heavy atom. The van der Waals surface area contributed by atoms with Crippen LogP contribution < -0.4 is 4.74 Å². The zero-order valence-corrected chi connectivity index (χ0v) is 21.2. The lowest BCUT2D eigenvalue weighted by atomic mass is 9.68. The van der Waals surface area contributed by atoms with Gasteiger partial charge < -0.3 is 23.7 Å². The Balaban J connectivity index is 1.40. The maximum Gasteiger partial charge on any atom is 0.331 e. The molecule has 2 saturated heterocycles. The molecule has 3 fully saturated rings. The highest BCUT2D eigenvalue weighted by atomic mass is 16.6. The van der Waals surface area contributed by atoms with Gasteiger partial charge in [0, 0.05) is 13.2 Å². The normalized spacial score (nSPS) is 34.3. The van der Waals surface area contributed by atoms with Crippen molar-refractivity contribution in [2.45, 2.75) is 89.5 Å². The van der Waals surface area contributed by atoms with Crippen LogP contribution in [0.3, 0.4) is 0 Å². The summed E-state index contributed by atoms with van der Waals surface area (Å²) in [5, 5.41) is 0. The van der Waals surface area contributed by atoms with E-state index >= 15 is 0 Å². The van der Waals surface area contributed by atoms with Crippen molar-refractivity contribution in [3.05, 3.63) is 47.6 Å². The number of carbonyl (C=O) groups is 1. The lowest BCUT2D eigenvalue weighted by molar-refractivity contribution is -0.166. The summed E-state index contributed by atoms with van der Waals surface area (Å²) in [4.78, 5) is 12.7. The van der Waals surface area contributed by atoms with Crippen molar-refractivity contribution in [1.29, 1.82) is 0 Å². The summed E-state index contributed by atoms with van der Waals surface area (Å²) in [6, 6.07) is 7.63. The molecular weight excluding hydrogens is 432 g/mol. The van der Waals surface area contributed by atoms with Crippen LogP contribution in [0.25, 0.3) is 6.08 Å². The number of ether oxygens (including phenoxy) is 5. The highest BCUT2D eigenvalue weighted by molar-refractivity contribution is 5.87. The van der Waals surface area contributed by atoms with Gasteiger partial charge in [0.25, 0.3) is 0 Å². The molecule has 6 nitrogen and oxygen atoms in total. The van der Waals surface area contributed by atoms with Gasteiger partial charge in [-0.15, -0.1) is 0 Å². The van der Waals surface area contributed by atoms with Crippen LogP contribution in [0.4, 0.5) is 0 Å². The molecule has 2 aliphatic heterocycles. The number of hydrogen-bond donors (Lipinski definition) is 0. The van der Waals surface area contributed by atoms with E-state index in [1.807, 2.05) is 38.1 Å². The van der Waals surface area contributed by atoms with Crippen molar-refractivity contribution >= 4 is 12.0 Å². The van der Waals surface area contributed by atoms with E-state index in [2.05, 4.69) is 26.8 Å². The standard InChI is InChI=1S/C28H38O6/c1-18(2)7-13-23-27(5,34-23)26-25(30-6)22(15-16-28(26)17-31-28)33-24(29)14-10-20-8-11-21(12-9-20)32-19(3)4/h7-12,14,19,22-23,25-26H,13,15-17H2,1-6H3/b14-10+/t22?,23-,25+,26+,27?,28-/m0/s1. The molecular formula is C28H38O6. The number of allylic oxidation sites excluding steroid dienone is 1. The Bertz CT molecular complexity index is 925. The monoisotopic (exact) mass is 470 g/mol. The highest BCUT2D eigenvalue weighted by Gasteiger charge is 2.72. The van der Waals surface area contributed by atoms with E-state index in [0.29, 0.717) is 13.0 Å². The molecule has 34 heavy (non-hydrogen) atoms. The van der Waals surface area contributed by atoms with Crippen molar-refractivity contribution in [2.75, 3.05) is 13.7 Å². The average molecular weight is 471 g/mol. The van der Waals surface area contributed by atoms with Gasteiger partial charge in [0.1, 0.15) is 29.2 Å². The molecule has 0 aromatic heterocycles. The number of esters is 1. The van der Waals surface area contributed by atoms with Gasteiger partial charge in [0.05, 0.1) is 24.7 Å². The smallest absolute Gasteiger partial charge is 0.331 e. The Morgan fingerprint density at radius 3 is 2.53 bits per heavy atom. The lowest BCUT2D eigenvalue weighted by Crippen LogP contribution is -2.55. The van der Waals surface area contributed by atoms with Crippen LogP contribution in [0.2, 0.25) is 0 Å². The van der Waals surface area contributed by atoms with Crippen LogP contribution in [-0.4, -0.2) is 55.3 Å². The van der Waals surface area contributed by atoms with Crippen LogP contribution in [0.15, 0.2) is 42.0 Å². The minimum Gasteiger partial charge on any atom is -0.491 e. The summed E-state index contributed by atoms with van der Waals surface area (Å²) >= 11 is 0. The molecule has 2 heterocycles. The van der Waals surface area contributed by atoms with Gasteiger partial charge in [-0.25, -0.2) is 4.79 Å². The van der Waals surface area contributed by atoms with Gasteiger partial charge >= 0.3 is 5.97 Å². The number of benzene rings is 1.